The molecule has 0 fully saturated rings. The summed E-state index contributed by atoms with van der Waals surface area (Å²) in [7, 11) is 3.12. The van der Waals surface area contributed by atoms with Crippen LogP contribution in [0.4, 0.5) is 10.2 Å². The number of aromatic nitrogens is 3. The van der Waals surface area contributed by atoms with Crippen LogP contribution >= 0.6 is 0 Å². The normalized spacial score (nSPS) is 10.9. The summed E-state index contributed by atoms with van der Waals surface area (Å²) in [4.78, 5) is 13.0. The van der Waals surface area contributed by atoms with Gasteiger partial charge in [0, 0.05) is 43.8 Å². The molecule has 2 aromatic heterocycles. The highest BCUT2D eigenvalue weighted by Gasteiger charge is 2.13. The van der Waals surface area contributed by atoms with Gasteiger partial charge in [0.1, 0.15) is 11.6 Å². The van der Waals surface area contributed by atoms with Gasteiger partial charge in [0.15, 0.2) is 12.1 Å². The molecule has 26 heavy (non-hydrogen) atoms. The fourth-order valence-corrected chi connectivity index (χ4v) is 2.43. The average Bonchev–Trinajstić information content (AvgIpc) is 2.69. The standard InChI is InChI=1S/C19H19FN4O2/c1-25-18(26-2)12-22-17-11-16(14-5-3-4-6-15(14)20)23-19(24-17)13-7-9-21-10-8-13/h3-11,18H,12H2,1-2H3,(H,22,23,24). The minimum atomic E-state index is -0.425. The summed E-state index contributed by atoms with van der Waals surface area (Å²) in [5.74, 6) is 0.677. The van der Waals surface area contributed by atoms with Gasteiger partial charge in [-0.25, -0.2) is 14.4 Å². The molecule has 3 rings (SSSR count). The molecule has 134 valence electrons. The summed E-state index contributed by atoms with van der Waals surface area (Å²) in [5.41, 5.74) is 1.68. The minimum absolute atomic E-state index is 0.343. The van der Waals surface area contributed by atoms with Gasteiger partial charge >= 0.3 is 0 Å². The van der Waals surface area contributed by atoms with E-state index in [1.54, 1.807) is 63.0 Å². The van der Waals surface area contributed by atoms with Crippen LogP contribution < -0.4 is 5.32 Å². The summed E-state index contributed by atoms with van der Waals surface area (Å²) in [6.07, 6.45) is 2.90. The van der Waals surface area contributed by atoms with Gasteiger partial charge in [-0.15, -0.1) is 0 Å². The third-order valence-corrected chi connectivity index (χ3v) is 3.79. The Bertz CT molecular complexity index is 857. The van der Waals surface area contributed by atoms with Crippen molar-refractivity contribution >= 4 is 5.82 Å². The number of rotatable bonds is 7. The Morgan fingerprint density at radius 3 is 2.46 bits per heavy atom. The van der Waals surface area contributed by atoms with Crippen LogP contribution in [-0.2, 0) is 9.47 Å². The van der Waals surface area contributed by atoms with Gasteiger partial charge in [0.25, 0.3) is 0 Å². The van der Waals surface area contributed by atoms with Gasteiger partial charge in [-0.1, -0.05) is 12.1 Å². The van der Waals surface area contributed by atoms with E-state index in [0.29, 0.717) is 29.4 Å². The van der Waals surface area contributed by atoms with E-state index < -0.39 is 6.29 Å². The molecule has 0 saturated heterocycles. The van der Waals surface area contributed by atoms with Crippen LogP contribution in [0.2, 0.25) is 0 Å². The van der Waals surface area contributed by atoms with Gasteiger partial charge in [-0.05, 0) is 24.3 Å². The second kappa shape index (κ2) is 8.46. The Balaban J connectivity index is 2.01. The van der Waals surface area contributed by atoms with E-state index in [4.69, 9.17) is 9.47 Å². The first-order valence-corrected chi connectivity index (χ1v) is 8.05. The van der Waals surface area contributed by atoms with Crippen molar-refractivity contribution in [3.63, 3.8) is 0 Å². The number of ether oxygens (including phenoxy) is 2. The summed E-state index contributed by atoms with van der Waals surface area (Å²) < 4.78 is 24.6. The van der Waals surface area contributed by atoms with Gasteiger partial charge < -0.3 is 14.8 Å². The molecule has 0 spiro atoms. The minimum Gasteiger partial charge on any atom is -0.365 e. The van der Waals surface area contributed by atoms with Crippen molar-refractivity contribution in [1.82, 2.24) is 15.0 Å². The molecule has 0 amide bonds. The number of nitrogens with one attached hydrogen (secondary N) is 1. The fraction of sp³-hybridized carbons (Fsp3) is 0.211. The molecule has 0 atom stereocenters. The lowest BCUT2D eigenvalue weighted by Crippen LogP contribution is -2.24. The zero-order valence-corrected chi connectivity index (χ0v) is 14.5. The molecule has 0 radical (unpaired) electrons. The van der Waals surface area contributed by atoms with E-state index in [9.17, 15) is 4.39 Å². The van der Waals surface area contributed by atoms with Gasteiger partial charge in [-0.2, -0.15) is 0 Å². The summed E-state index contributed by atoms with van der Waals surface area (Å²) in [5, 5.41) is 3.15. The van der Waals surface area contributed by atoms with Crippen LogP contribution in [0.15, 0.2) is 54.9 Å². The van der Waals surface area contributed by atoms with Crippen molar-refractivity contribution < 1.29 is 13.9 Å². The zero-order valence-electron chi connectivity index (χ0n) is 14.5. The van der Waals surface area contributed by atoms with E-state index in [1.807, 2.05) is 0 Å². The van der Waals surface area contributed by atoms with Crippen molar-refractivity contribution in [2.45, 2.75) is 6.29 Å². The number of anilines is 1. The molecule has 3 aromatic rings. The smallest absolute Gasteiger partial charge is 0.173 e. The molecule has 0 bridgehead atoms. The van der Waals surface area contributed by atoms with Crippen LogP contribution in [0.5, 0.6) is 0 Å². The quantitative estimate of drug-likeness (QED) is 0.656. The maximum atomic E-state index is 14.2. The molecule has 1 N–H and O–H groups in total. The number of halogens is 1. The lowest BCUT2D eigenvalue weighted by molar-refractivity contribution is -0.0914. The molecular weight excluding hydrogens is 335 g/mol. The summed E-state index contributed by atoms with van der Waals surface area (Å²) in [6, 6.07) is 11.8. The predicted octanol–water partition coefficient (Wildman–Crippen LogP) is 3.38. The molecule has 0 aliphatic heterocycles. The topological polar surface area (TPSA) is 69.2 Å². The fourth-order valence-electron chi connectivity index (χ4n) is 2.43. The SMILES string of the molecule is COC(CNc1cc(-c2ccccc2F)nc(-c2ccncc2)n1)OC. The highest BCUT2D eigenvalue weighted by atomic mass is 19.1. The first-order chi connectivity index (χ1) is 12.7. The lowest BCUT2D eigenvalue weighted by Gasteiger charge is -2.15. The number of nitrogens with zero attached hydrogens (tertiary/aromatic N) is 3. The van der Waals surface area contributed by atoms with Gasteiger partial charge in [-0.3, -0.25) is 4.98 Å². The third kappa shape index (κ3) is 4.19. The van der Waals surface area contributed by atoms with Crippen molar-refractivity contribution in [1.29, 1.82) is 0 Å². The average molecular weight is 354 g/mol. The zero-order chi connectivity index (χ0) is 18.4. The molecular formula is C19H19FN4O2. The number of hydrogen-bond acceptors (Lipinski definition) is 6. The van der Waals surface area contributed by atoms with Crippen LogP contribution in [-0.4, -0.2) is 42.0 Å². The second-order valence-electron chi connectivity index (χ2n) is 5.46. The van der Waals surface area contributed by atoms with Crippen LogP contribution in [0, 0.1) is 5.82 Å². The molecule has 0 unspecified atom stereocenters. The Hall–Kier alpha value is -2.90. The largest absolute Gasteiger partial charge is 0.365 e. The van der Waals surface area contributed by atoms with Crippen LogP contribution in [0.3, 0.4) is 0 Å². The predicted molar refractivity (Wildman–Crippen MR) is 97.0 cm³/mol. The molecule has 2 heterocycles. The van der Waals surface area contributed by atoms with Gasteiger partial charge in [0.2, 0.25) is 0 Å². The Kier molecular flexibility index (Phi) is 5.83. The van der Waals surface area contributed by atoms with Crippen LogP contribution in [0.1, 0.15) is 0 Å². The van der Waals surface area contributed by atoms with E-state index in [1.165, 1.54) is 6.07 Å². The van der Waals surface area contributed by atoms with Crippen LogP contribution in [0.25, 0.3) is 22.6 Å². The van der Waals surface area contributed by atoms with E-state index >= 15 is 0 Å². The van der Waals surface area contributed by atoms with Crippen molar-refractivity contribution in [2.24, 2.45) is 0 Å². The number of hydrogen-bond donors (Lipinski definition) is 1. The molecule has 7 heteroatoms. The molecule has 6 nitrogen and oxygen atoms in total. The first kappa shape index (κ1) is 17.9. The number of pyridine rings is 1. The Morgan fingerprint density at radius 1 is 1.04 bits per heavy atom. The van der Waals surface area contributed by atoms with Crippen molar-refractivity contribution in [3.8, 4) is 22.6 Å². The summed E-state index contributed by atoms with van der Waals surface area (Å²) >= 11 is 0. The lowest BCUT2D eigenvalue weighted by atomic mass is 10.1. The third-order valence-electron chi connectivity index (χ3n) is 3.79. The van der Waals surface area contributed by atoms with E-state index in [2.05, 4.69) is 20.3 Å². The Labute approximate surface area is 151 Å². The van der Waals surface area contributed by atoms with Crippen molar-refractivity contribution in [3.05, 3.63) is 60.7 Å². The Morgan fingerprint density at radius 2 is 1.77 bits per heavy atom. The maximum absolute atomic E-state index is 14.2. The molecule has 1 aromatic carbocycles. The number of benzene rings is 1. The molecule has 0 aliphatic rings. The summed E-state index contributed by atoms with van der Waals surface area (Å²) in [6.45, 7) is 0.385. The number of methoxy groups -OCH3 is 2. The second-order valence-corrected chi connectivity index (χ2v) is 5.46. The highest BCUT2D eigenvalue weighted by Crippen LogP contribution is 2.26. The highest BCUT2D eigenvalue weighted by molar-refractivity contribution is 5.67. The van der Waals surface area contributed by atoms with Crippen molar-refractivity contribution in [2.75, 3.05) is 26.1 Å². The molecule has 0 aliphatic carbocycles. The first-order valence-electron chi connectivity index (χ1n) is 8.05. The maximum Gasteiger partial charge on any atom is 0.173 e. The van der Waals surface area contributed by atoms with E-state index in [0.717, 1.165) is 5.56 Å². The van der Waals surface area contributed by atoms with E-state index in [-0.39, 0.29) is 5.82 Å². The monoisotopic (exact) mass is 354 g/mol. The van der Waals surface area contributed by atoms with Gasteiger partial charge in [0.05, 0.1) is 12.2 Å². The molecule has 0 saturated carbocycles.